The minimum atomic E-state index is -3.41. The van der Waals surface area contributed by atoms with Gasteiger partial charge in [-0.15, -0.1) is 5.10 Å². The van der Waals surface area contributed by atoms with Crippen LogP contribution < -0.4 is 10.6 Å². The van der Waals surface area contributed by atoms with E-state index in [9.17, 15) is 18.1 Å². The zero-order valence-electron chi connectivity index (χ0n) is 24.0. The Kier molecular flexibility index (Phi) is 7.78. The minimum Gasteiger partial charge on any atom is -0.378 e. The summed E-state index contributed by atoms with van der Waals surface area (Å²) in [5.41, 5.74) is 2.83. The Bertz CT molecular complexity index is 2000. The third-order valence-electron chi connectivity index (χ3n) is 7.79. The SMILES string of the molecule is BC(Nc1cc(Cl)c2ncc(C#N)c(NC(CS(C)(=O)=O)c3ccccc3)c2c1)(c1ccc(F)cc1)c1cn(C2CC2)nn1. The fraction of sp³-hybridized carbons (Fsp3) is 0.226. The number of hydrogen-bond donors (Lipinski definition) is 2. The fourth-order valence-electron chi connectivity index (χ4n) is 5.33. The number of aromatic nitrogens is 4. The summed E-state index contributed by atoms with van der Waals surface area (Å²) in [6, 6.07) is 20.7. The van der Waals surface area contributed by atoms with Gasteiger partial charge in [0.1, 0.15) is 35.3 Å². The Morgan fingerprint density at radius 3 is 2.57 bits per heavy atom. The normalized spacial score (nSPS) is 15.3. The molecule has 222 valence electrons. The number of sulfone groups is 1. The van der Waals surface area contributed by atoms with Gasteiger partial charge in [0.2, 0.25) is 0 Å². The van der Waals surface area contributed by atoms with Crippen LogP contribution >= 0.6 is 11.6 Å². The van der Waals surface area contributed by atoms with E-state index in [1.54, 1.807) is 18.2 Å². The van der Waals surface area contributed by atoms with E-state index in [1.807, 2.05) is 55.1 Å². The molecule has 2 heterocycles. The van der Waals surface area contributed by atoms with E-state index in [4.69, 9.17) is 11.6 Å². The molecule has 0 bridgehead atoms. The quantitative estimate of drug-likeness (QED) is 0.208. The van der Waals surface area contributed by atoms with Crippen molar-refractivity contribution in [2.24, 2.45) is 0 Å². The molecule has 1 aliphatic rings. The van der Waals surface area contributed by atoms with Gasteiger partial charge < -0.3 is 10.6 Å². The molecule has 9 nitrogen and oxygen atoms in total. The number of nitriles is 1. The van der Waals surface area contributed by atoms with Crippen LogP contribution in [-0.2, 0) is 15.3 Å². The molecule has 2 aromatic heterocycles. The molecule has 44 heavy (non-hydrogen) atoms. The first-order chi connectivity index (χ1) is 21.0. The number of nitrogens with zero attached hydrogens (tertiary/aromatic N) is 5. The number of rotatable bonds is 10. The van der Waals surface area contributed by atoms with Crippen LogP contribution in [0.1, 0.15) is 47.3 Å². The molecule has 1 fully saturated rings. The second-order valence-corrected chi connectivity index (χ2v) is 13.9. The van der Waals surface area contributed by atoms with Crippen molar-refractivity contribution < 1.29 is 12.8 Å². The highest BCUT2D eigenvalue weighted by Crippen LogP contribution is 2.39. The van der Waals surface area contributed by atoms with E-state index >= 15 is 0 Å². The fourth-order valence-corrected chi connectivity index (χ4v) is 6.48. The Morgan fingerprint density at radius 2 is 1.91 bits per heavy atom. The maximum absolute atomic E-state index is 13.9. The number of halogens is 2. The highest BCUT2D eigenvalue weighted by atomic mass is 35.5. The predicted molar refractivity (Wildman–Crippen MR) is 172 cm³/mol. The molecular weight excluding hydrogens is 600 g/mol. The lowest BCUT2D eigenvalue weighted by atomic mass is 9.69. The van der Waals surface area contributed by atoms with Crippen molar-refractivity contribution in [1.29, 1.82) is 5.26 Å². The van der Waals surface area contributed by atoms with Crippen LogP contribution in [0.2, 0.25) is 5.02 Å². The molecule has 0 saturated heterocycles. The van der Waals surface area contributed by atoms with Gasteiger partial charge in [0.25, 0.3) is 0 Å². The summed E-state index contributed by atoms with van der Waals surface area (Å²) in [5.74, 6) is -0.559. The second-order valence-electron chi connectivity index (χ2n) is 11.3. The number of benzene rings is 3. The average Bonchev–Trinajstić information content (AvgIpc) is 3.72. The van der Waals surface area contributed by atoms with Crippen molar-refractivity contribution in [2.75, 3.05) is 22.6 Å². The molecule has 2 N–H and O–H groups in total. The second kappa shape index (κ2) is 11.6. The van der Waals surface area contributed by atoms with E-state index in [0.717, 1.165) is 24.0 Å². The van der Waals surface area contributed by atoms with Gasteiger partial charge in [-0.2, -0.15) is 5.26 Å². The maximum atomic E-state index is 13.9. The number of pyridine rings is 1. The van der Waals surface area contributed by atoms with E-state index in [0.29, 0.717) is 39.0 Å². The molecule has 13 heteroatoms. The molecule has 2 unspecified atom stereocenters. The third-order valence-corrected chi connectivity index (χ3v) is 9.02. The first-order valence-corrected chi connectivity index (χ1v) is 16.5. The van der Waals surface area contributed by atoms with Gasteiger partial charge >= 0.3 is 0 Å². The molecule has 1 aliphatic carbocycles. The summed E-state index contributed by atoms with van der Waals surface area (Å²) in [4.78, 5) is 4.45. The summed E-state index contributed by atoms with van der Waals surface area (Å²) in [6.07, 6.45) is 6.57. The standard InChI is InChI=1S/C31H28BClFN7O2S/c1-44(42,43)18-27(19-5-3-2-4-6-19)37-29-20(15-35)16-36-30-25(29)13-23(14-26(30)33)38-31(32,21-7-9-22(34)10-8-21)28-17-41(40-39-28)24-11-12-24/h2-10,13-14,16-17,24,27,38H,11-12,18,32H2,1H3,(H,36,37). The molecule has 0 amide bonds. The lowest BCUT2D eigenvalue weighted by molar-refractivity contribution is 0.597. The Balaban J connectivity index is 1.47. The number of fused-ring (bicyclic) bond motifs is 1. The molecule has 2 atom stereocenters. The summed E-state index contributed by atoms with van der Waals surface area (Å²) >= 11 is 6.79. The summed E-state index contributed by atoms with van der Waals surface area (Å²) in [5, 5.41) is 26.6. The smallest absolute Gasteiger partial charge is 0.149 e. The lowest BCUT2D eigenvalue weighted by Crippen LogP contribution is -2.37. The van der Waals surface area contributed by atoms with Crippen molar-refractivity contribution in [3.63, 3.8) is 0 Å². The topological polar surface area (TPSA) is 126 Å². The van der Waals surface area contributed by atoms with Crippen LogP contribution in [0.4, 0.5) is 15.8 Å². The first kappa shape index (κ1) is 29.6. The Morgan fingerprint density at radius 1 is 1.18 bits per heavy atom. The largest absolute Gasteiger partial charge is 0.378 e. The molecular formula is C31H28BClFN7O2S. The number of nitrogens with one attached hydrogen (secondary N) is 2. The summed E-state index contributed by atoms with van der Waals surface area (Å²) in [6.45, 7) is 0. The van der Waals surface area contributed by atoms with Crippen LogP contribution in [0.3, 0.4) is 0 Å². The van der Waals surface area contributed by atoms with Gasteiger partial charge in [-0.05, 0) is 48.2 Å². The maximum Gasteiger partial charge on any atom is 0.149 e. The zero-order chi connectivity index (χ0) is 31.1. The lowest BCUT2D eigenvalue weighted by Gasteiger charge is -2.31. The van der Waals surface area contributed by atoms with E-state index < -0.39 is 21.3 Å². The van der Waals surface area contributed by atoms with Gasteiger partial charge in [-0.25, -0.2) is 17.5 Å². The molecule has 0 radical (unpaired) electrons. The Hall–Kier alpha value is -4.47. The van der Waals surface area contributed by atoms with E-state index in [-0.39, 0.29) is 17.1 Å². The highest BCUT2D eigenvalue weighted by Gasteiger charge is 2.34. The summed E-state index contributed by atoms with van der Waals surface area (Å²) in [7, 11) is -1.48. The van der Waals surface area contributed by atoms with Crippen LogP contribution in [0, 0.1) is 17.1 Å². The van der Waals surface area contributed by atoms with Crippen LogP contribution in [0.25, 0.3) is 10.9 Å². The van der Waals surface area contributed by atoms with Crippen LogP contribution in [0.5, 0.6) is 0 Å². The van der Waals surface area contributed by atoms with Crippen LogP contribution in [0.15, 0.2) is 79.1 Å². The summed E-state index contributed by atoms with van der Waals surface area (Å²) < 4.78 is 40.7. The third kappa shape index (κ3) is 6.11. The van der Waals surface area contributed by atoms with Gasteiger partial charge in [0.05, 0.1) is 51.3 Å². The molecule has 1 saturated carbocycles. The van der Waals surface area contributed by atoms with Gasteiger partial charge in [0.15, 0.2) is 0 Å². The Labute approximate surface area is 260 Å². The van der Waals surface area contributed by atoms with E-state index in [1.165, 1.54) is 24.6 Å². The number of anilines is 2. The minimum absolute atomic E-state index is 0.198. The average molecular weight is 628 g/mol. The first-order valence-electron chi connectivity index (χ1n) is 14.0. The van der Waals surface area contributed by atoms with Crippen molar-refractivity contribution in [3.8, 4) is 6.07 Å². The van der Waals surface area contributed by atoms with Gasteiger partial charge in [0, 0.05) is 23.5 Å². The molecule has 5 aromatic rings. The van der Waals surface area contributed by atoms with Gasteiger partial charge in [-0.3, -0.25) is 4.98 Å². The predicted octanol–water partition coefficient (Wildman–Crippen LogP) is 4.97. The molecule has 0 spiro atoms. The highest BCUT2D eigenvalue weighted by molar-refractivity contribution is 7.90. The number of hydrogen-bond acceptors (Lipinski definition) is 8. The van der Waals surface area contributed by atoms with Crippen LogP contribution in [-0.4, -0.2) is 48.3 Å². The van der Waals surface area contributed by atoms with Gasteiger partial charge in [-0.1, -0.05) is 59.3 Å². The van der Waals surface area contributed by atoms with E-state index in [2.05, 4.69) is 32.0 Å². The molecule has 3 aromatic carbocycles. The monoisotopic (exact) mass is 627 g/mol. The zero-order valence-corrected chi connectivity index (χ0v) is 25.6. The van der Waals surface area contributed by atoms with Crippen molar-refractivity contribution in [2.45, 2.75) is 30.4 Å². The molecule has 0 aliphatic heterocycles. The molecule has 6 rings (SSSR count). The van der Waals surface area contributed by atoms with Crippen molar-refractivity contribution >= 4 is 51.6 Å². The van der Waals surface area contributed by atoms with Crippen molar-refractivity contribution in [1.82, 2.24) is 20.0 Å². The van der Waals surface area contributed by atoms with Crippen molar-refractivity contribution in [3.05, 3.63) is 112 Å².